The lowest BCUT2D eigenvalue weighted by atomic mass is 10.1. The van der Waals surface area contributed by atoms with E-state index in [0.717, 1.165) is 6.07 Å². The Morgan fingerprint density at radius 3 is 2.17 bits per heavy atom. The van der Waals surface area contributed by atoms with Gasteiger partial charge in [-0.15, -0.1) is 0 Å². The van der Waals surface area contributed by atoms with Gasteiger partial charge in [0.25, 0.3) is 0 Å². The van der Waals surface area contributed by atoms with Crippen LogP contribution in [0.4, 0.5) is 37.7 Å². The Balaban J connectivity index is 2.74. The van der Waals surface area contributed by atoms with Gasteiger partial charge in [-0.1, -0.05) is 0 Å². The van der Waals surface area contributed by atoms with Crippen molar-refractivity contribution in [3.63, 3.8) is 0 Å². The summed E-state index contributed by atoms with van der Waals surface area (Å²) in [5, 5.41) is 2.27. The molecule has 1 aromatic rings. The summed E-state index contributed by atoms with van der Waals surface area (Å²) >= 11 is 0. The van der Waals surface area contributed by atoms with Crippen LogP contribution in [0.15, 0.2) is 18.2 Å². The van der Waals surface area contributed by atoms with Crippen molar-refractivity contribution in [3.05, 3.63) is 23.8 Å². The molecule has 0 amide bonds. The number of nitrogens with two attached hydrogens (primary N) is 1. The molecule has 0 radical (unpaired) electrons. The summed E-state index contributed by atoms with van der Waals surface area (Å²) in [7, 11) is 0. The molecule has 0 bridgehead atoms. The van der Waals surface area contributed by atoms with E-state index in [1.165, 1.54) is 6.07 Å². The predicted molar refractivity (Wildman–Crippen MR) is 55.0 cm³/mol. The summed E-state index contributed by atoms with van der Waals surface area (Å²) in [5.74, 6) is 0. The Hall–Kier alpha value is -1.60. The number of hydrogen-bond donors (Lipinski definition) is 2. The second kappa shape index (κ2) is 4.95. The van der Waals surface area contributed by atoms with Gasteiger partial charge < -0.3 is 11.1 Å². The van der Waals surface area contributed by atoms with Gasteiger partial charge in [0, 0.05) is 17.9 Å². The van der Waals surface area contributed by atoms with E-state index in [4.69, 9.17) is 5.73 Å². The number of halogens is 6. The van der Waals surface area contributed by atoms with Crippen LogP contribution in [0.5, 0.6) is 0 Å². The fraction of sp³-hybridized carbons (Fsp3) is 0.400. The minimum Gasteiger partial charge on any atom is -0.398 e. The summed E-state index contributed by atoms with van der Waals surface area (Å²) in [6.07, 6.45) is -10.1. The zero-order valence-corrected chi connectivity index (χ0v) is 8.99. The molecular formula is C10H10F6N2. The fourth-order valence-corrected chi connectivity index (χ4v) is 1.26. The molecule has 0 aliphatic carbocycles. The summed E-state index contributed by atoms with van der Waals surface area (Å²) in [6, 6.07) is 2.88. The molecule has 0 fully saturated rings. The lowest BCUT2D eigenvalue weighted by Crippen LogP contribution is -2.15. The van der Waals surface area contributed by atoms with Crippen LogP contribution in [-0.2, 0) is 6.18 Å². The van der Waals surface area contributed by atoms with Crippen LogP contribution in [0.2, 0.25) is 0 Å². The first-order valence-electron chi connectivity index (χ1n) is 4.87. The smallest absolute Gasteiger partial charge is 0.398 e. The molecule has 0 saturated heterocycles. The zero-order chi connectivity index (χ0) is 14.0. The number of hydrogen-bond acceptors (Lipinski definition) is 2. The van der Waals surface area contributed by atoms with Gasteiger partial charge in [-0.2, -0.15) is 26.3 Å². The lowest BCUT2D eigenvalue weighted by molar-refractivity contribution is -0.137. The molecule has 0 heterocycles. The Morgan fingerprint density at radius 1 is 1.06 bits per heavy atom. The van der Waals surface area contributed by atoms with E-state index in [2.05, 4.69) is 5.32 Å². The van der Waals surface area contributed by atoms with Crippen LogP contribution in [-0.4, -0.2) is 12.7 Å². The van der Waals surface area contributed by atoms with Crippen LogP contribution in [0, 0.1) is 0 Å². The molecule has 0 unspecified atom stereocenters. The summed E-state index contributed by atoms with van der Waals surface area (Å²) < 4.78 is 72.9. The number of nitrogens with one attached hydrogen (secondary N) is 1. The third-order valence-corrected chi connectivity index (χ3v) is 2.10. The van der Waals surface area contributed by atoms with Crippen molar-refractivity contribution < 1.29 is 26.3 Å². The first-order chi connectivity index (χ1) is 8.09. The number of nitrogen functional groups attached to an aromatic ring is 1. The van der Waals surface area contributed by atoms with Gasteiger partial charge >= 0.3 is 12.4 Å². The summed E-state index contributed by atoms with van der Waals surface area (Å²) in [5.41, 5.74) is 3.55. The first kappa shape index (κ1) is 14.5. The van der Waals surface area contributed by atoms with Gasteiger partial charge in [-0.25, -0.2) is 0 Å². The van der Waals surface area contributed by atoms with Crippen LogP contribution in [0.25, 0.3) is 0 Å². The molecule has 0 aliphatic heterocycles. The van der Waals surface area contributed by atoms with Crippen molar-refractivity contribution in [1.82, 2.24) is 0 Å². The first-order valence-corrected chi connectivity index (χ1v) is 4.87. The molecule has 0 spiro atoms. The Morgan fingerprint density at radius 2 is 1.67 bits per heavy atom. The lowest BCUT2D eigenvalue weighted by Gasteiger charge is -2.13. The summed E-state index contributed by atoms with van der Waals surface area (Å²) in [4.78, 5) is 0. The topological polar surface area (TPSA) is 38.0 Å². The SMILES string of the molecule is Nc1ccc(NCCC(F)(F)F)cc1C(F)(F)F. The summed E-state index contributed by atoms with van der Waals surface area (Å²) in [6.45, 7) is -0.495. The molecule has 1 aromatic carbocycles. The third-order valence-electron chi connectivity index (χ3n) is 2.10. The minimum absolute atomic E-state index is 0.0548. The number of anilines is 2. The van der Waals surface area contributed by atoms with E-state index in [-0.39, 0.29) is 5.69 Å². The molecule has 0 aromatic heterocycles. The maximum absolute atomic E-state index is 12.5. The molecular weight excluding hydrogens is 262 g/mol. The van der Waals surface area contributed by atoms with Gasteiger partial charge in [0.05, 0.1) is 12.0 Å². The van der Waals surface area contributed by atoms with Crippen molar-refractivity contribution >= 4 is 11.4 Å². The molecule has 102 valence electrons. The Labute approximate surface area is 98.8 Å². The minimum atomic E-state index is -4.63. The van der Waals surface area contributed by atoms with Crippen LogP contribution in [0.3, 0.4) is 0 Å². The molecule has 18 heavy (non-hydrogen) atoms. The standard InChI is InChI=1S/C10H10F6N2/c11-9(12,13)3-4-18-6-1-2-8(17)7(5-6)10(14,15)16/h1-2,5,18H,3-4,17H2. The van der Waals surface area contributed by atoms with E-state index in [1.54, 1.807) is 0 Å². The second-order valence-electron chi connectivity index (χ2n) is 3.59. The monoisotopic (exact) mass is 272 g/mol. The Kier molecular flexibility index (Phi) is 3.98. The maximum Gasteiger partial charge on any atom is 0.418 e. The van der Waals surface area contributed by atoms with Crippen LogP contribution >= 0.6 is 0 Å². The second-order valence-corrected chi connectivity index (χ2v) is 3.59. The highest BCUT2D eigenvalue weighted by atomic mass is 19.4. The van der Waals surface area contributed by atoms with E-state index >= 15 is 0 Å². The average molecular weight is 272 g/mol. The normalized spacial score (nSPS) is 12.6. The average Bonchev–Trinajstić information content (AvgIpc) is 2.17. The number of rotatable bonds is 3. The zero-order valence-electron chi connectivity index (χ0n) is 8.99. The third kappa shape index (κ3) is 4.34. The maximum atomic E-state index is 12.5. The largest absolute Gasteiger partial charge is 0.418 e. The molecule has 3 N–H and O–H groups in total. The highest BCUT2D eigenvalue weighted by Crippen LogP contribution is 2.35. The van der Waals surface area contributed by atoms with Gasteiger partial charge in [0.1, 0.15) is 0 Å². The van der Waals surface area contributed by atoms with Crippen LogP contribution < -0.4 is 11.1 Å². The molecule has 2 nitrogen and oxygen atoms in total. The molecule has 8 heteroatoms. The van der Waals surface area contributed by atoms with Gasteiger partial charge in [-0.05, 0) is 18.2 Å². The van der Waals surface area contributed by atoms with E-state index in [0.29, 0.717) is 6.07 Å². The predicted octanol–water partition coefficient (Wildman–Crippen LogP) is 3.65. The quantitative estimate of drug-likeness (QED) is 0.651. The molecule has 0 aliphatic rings. The number of benzene rings is 1. The van der Waals surface area contributed by atoms with Crippen molar-refractivity contribution in [2.45, 2.75) is 18.8 Å². The number of alkyl halides is 6. The van der Waals surface area contributed by atoms with Crippen molar-refractivity contribution in [1.29, 1.82) is 0 Å². The van der Waals surface area contributed by atoms with Crippen LogP contribution in [0.1, 0.15) is 12.0 Å². The van der Waals surface area contributed by atoms with Gasteiger partial charge in [-0.3, -0.25) is 0 Å². The van der Waals surface area contributed by atoms with Crippen molar-refractivity contribution in [2.75, 3.05) is 17.6 Å². The molecule has 0 saturated carbocycles. The molecule has 1 rings (SSSR count). The van der Waals surface area contributed by atoms with Crippen molar-refractivity contribution in [2.24, 2.45) is 0 Å². The van der Waals surface area contributed by atoms with Crippen molar-refractivity contribution in [3.8, 4) is 0 Å². The Bertz CT molecular complexity index is 410. The molecule has 0 atom stereocenters. The van der Waals surface area contributed by atoms with E-state index in [9.17, 15) is 26.3 Å². The highest BCUT2D eigenvalue weighted by Gasteiger charge is 2.33. The van der Waals surface area contributed by atoms with E-state index < -0.39 is 36.6 Å². The van der Waals surface area contributed by atoms with E-state index in [1.807, 2.05) is 0 Å². The highest BCUT2D eigenvalue weighted by molar-refractivity contribution is 5.58. The van der Waals surface area contributed by atoms with Gasteiger partial charge in [0.2, 0.25) is 0 Å². The fourth-order valence-electron chi connectivity index (χ4n) is 1.26. The van der Waals surface area contributed by atoms with Gasteiger partial charge in [0.15, 0.2) is 0 Å².